The number of aromatic nitrogens is 1. The summed E-state index contributed by atoms with van der Waals surface area (Å²) < 4.78 is 5.04. The van der Waals surface area contributed by atoms with E-state index in [-0.39, 0.29) is 5.78 Å². The molecule has 4 nitrogen and oxygen atoms in total. The molecule has 0 saturated carbocycles. The minimum absolute atomic E-state index is 0.0816. The molecule has 0 N–H and O–H groups in total. The number of hydrogen-bond donors (Lipinski definition) is 0. The summed E-state index contributed by atoms with van der Waals surface area (Å²) >= 11 is 0. The number of carbonyl (C=O) groups excluding carboxylic acids is 1. The van der Waals surface area contributed by atoms with E-state index in [0.29, 0.717) is 24.1 Å². The maximum atomic E-state index is 11.9. The van der Waals surface area contributed by atoms with Gasteiger partial charge in [0.25, 0.3) is 0 Å². The number of piperidine rings is 1. The highest BCUT2D eigenvalue weighted by Crippen LogP contribution is 2.22. The zero-order valence-corrected chi connectivity index (χ0v) is 10.6. The topological polar surface area (TPSA) is 46.3 Å². The summed E-state index contributed by atoms with van der Waals surface area (Å²) in [7, 11) is 0. The summed E-state index contributed by atoms with van der Waals surface area (Å²) in [5.41, 5.74) is 0. The first kappa shape index (κ1) is 12.3. The van der Waals surface area contributed by atoms with Crippen molar-refractivity contribution < 1.29 is 9.21 Å². The monoisotopic (exact) mass is 236 g/mol. The van der Waals surface area contributed by atoms with E-state index in [1.54, 1.807) is 0 Å². The van der Waals surface area contributed by atoms with E-state index in [1.807, 2.05) is 0 Å². The van der Waals surface area contributed by atoms with E-state index in [4.69, 9.17) is 4.42 Å². The van der Waals surface area contributed by atoms with Crippen LogP contribution in [0, 0.1) is 5.92 Å². The fourth-order valence-electron chi connectivity index (χ4n) is 2.45. The van der Waals surface area contributed by atoms with Gasteiger partial charge < -0.3 is 9.32 Å². The van der Waals surface area contributed by atoms with Crippen LogP contribution in [0.4, 0.5) is 0 Å². The second-order valence-electron chi connectivity index (χ2n) is 5.09. The summed E-state index contributed by atoms with van der Waals surface area (Å²) in [5, 5.41) is 0. The summed E-state index contributed by atoms with van der Waals surface area (Å²) in [4.78, 5) is 18.1. The van der Waals surface area contributed by atoms with Crippen molar-refractivity contribution in [3.05, 3.63) is 18.4 Å². The van der Waals surface area contributed by atoms with E-state index in [0.717, 1.165) is 19.5 Å². The van der Waals surface area contributed by atoms with Gasteiger partial charge in [-0.2, -0.15) is 0 Å². The predicted octanol–water partition coefficient (Wildman–Crippen LogP) is 2.37. The van der Waals surface area contributed by atoms with Gasteiger partial charge in [-0.05, 0) is 39.2 Å². The van der Waals surface area contributed by atoms with Gasteiger partial charge in [-0.3, -0.25) is 4.79 Å². The molecule has 1 saturated heterocycles. The highest BCUT2D eigenvalue weighted by molar-refractivity contribution is 5.93. The van der Waals surface area contributed by atoms with Crippen LogP contribution in [-0.2, 0) is 0 Å². The van der Waals surface area contributed by atoms with Gasteiger partial charge in [0.2, 0.25) is 0 Å². The Morgan fingerprint density at radius 2 is 2.47 bits per heavy atom. The molecule has 1 atom stereocenters. The first-order valence-corrected chi connectivity index (χ1v) is 6.32. The van der Waals surface area contributed by atoms with Crippen LogP contribution in [0.1, 0.15) is 43.7 Å². The lowest BCUT2D eigenvalue weighted by atomic mass is 9.92. The van der Waals surface area contributed by atoms with Crippen LogP contribution in [-0.4, -0.2) is 34.8 Å². The molecule has 0 unspecified atom stereocenters. The van der Waals surface area contributed by atoms with Crippen molar-refractivity contribution in [1.29, 1.82) is 0 Å². The normalized spacial score (nSPS) is 21.9. The third-order valence-corrected chi connectivity index (χ3v) is 3.46. The molecule has 0 spiro atoms. The Bertz CT molecular complexity index is 360. The number of hydrogen-bond acceptors (Lipinski definition) is 4. The van der Waals surface area contributed by atoms with E-state index < -0.39 is 0 Å². The Labute approximate surface area is 102 Å². The highest BCUT2D eigenvalue weighted by atomic mass is 16.3. The van der Waals surface area contributed by atoms with Gasteiger partial charge in [0.1, 0.15) is 0 Å². The van der Waals surface area contributed by atoms with E-state index in [9.17, 15) is 4.79 Å². The largest absolute Gasteiger partial charge is 0.440 e. The molecule has 1 aromatic heterocycles. The molecule has 0 aliphatic carbocycles. The molecule has 1 aliphatic rings. The maximum Gasteiger partial charge on any atom is 0.200 e. The maximum absolute atomic E-state index is 11.9. The molecule has 0 amide bonds. The van der Waals surface area contributed by atoms with Gasteiger partial charge in [-0.25, -0.2) is 4.98 Å². The summed E-state index contributed by atoms with van der Waals surface area (Å²) in [5.74, 6) is 0.938. The van der Waals surface area contributed by atoms with Gasteiger partial charge >= 0.3 is 0 Å². The number of Topliss-reactive ketones (excluding diaryl/α,β-unsaturated/α-hetero) is 1. The van der Waals surface area contributed by atoms with Crippen LogP contribution in [0.5, 0.6) is 0 Å². The Balaban J connectivity index is 1.89. The van der Waals surface area contributed by atoms with Gasteiger partial charge in [0.05, 0.1) is 6.20 Å². The summed E-state index contributed by atoms with van der Waals surface area (Å²) in [6.07, 6.45) is 5.73. The van der Waals surface area contributed by atoms with Crippen molar-refractivity contribution >= 4 is 5.78 Å². The van der Waals surface area contributed by atoms with Gasteiger partial charge in [-0.15, -0.1) is 0 Å². The van der Waals surface area contributed by atoms with Crippen LogP contribution < -0.4 is 0 Å². The third kappa shape index (κ3) is 3.16. The Kier molecular flexibility index (Phi) is 3.94. The Morgan fingerprint density at radius 1 is 1.65 bits per heavy atom. The third-order valence-electron chi connectivity index (χ3n) is 3.46. The number of likely N-dealkylation sites (tertiary alicyclic amines) is 1. The molecule has 17 heavy (non-hydrogen) atoms. The molecule has 2 rings (SSSR count). The van der Waals surface area contributed by atoms with Crippen molar-refractivity contribution in [2.75, 3.05) is 13.1 Å². The lowest BCUT2D eigenvalue weighted by Gasteiger charge is -2.35. The van der Waals surface area contributed by atoms with Crippen LogP contribution in [0.15, 0.2) is 17.0 Å². The second-order valence-corrected chi connectivity index (χ2v) is 5.09. The Morgan fingerprint density at radius 3 is 3.12 bits per heavy atom. The molecule has 1 aliphatic heterocycles. The zero-order valence-electron chi connectivity index (χ0n) is 10.6. The van der Waals surface area contributed by atoms with Gasteiger partial charge in [0, 0.05) is 19.0 Å². The fraction of sp³-hybridized carbons (Fsp3) is 0.692. The molecule has 4 heteroatoms. The van der Waals surface area contributed by atoms with Gasteiger partial charge in [0.15, 0.2) is 17.9 Å². The first-order valence-electron chi connectivity index (χ1n) is 6.32. The highest BCUT2D eigenvalue weighted by Gasteiger charge is 2.24. The number of nitrogens with zero attached hydrogens (tertiary/aromatic N) is 2. The SMILES string of the molecule is CC(C)N1CCC[C@@H](CC(=O)c2cnco2)C1. The standard InChI is InChI=1S/C13H20N2O2/c1-10(2)15-5-3-4-11(8-15)6-12(16)13-7-14-9-17-13/h7,9-11H,3-6,8H2,1-2H3/t11-/m0/s1. The van der Waals surface area contributed by atoms with Crippen LogP contribution in [0.2, 0.25) is 0 Å². The van der Waals surface area contributed by atoms with Crippen molar-refractivity contribution in [1.82, 2.24) is 9.88 Å². The molecule has 1 aromatic rings. The average molecular weight is 236 g/mol. The molecular formula is C13H20N2O2. The van der Waals surface area contributed by atoms with Crippen molar-refractivity contribution in [2.24, 2.45) is 5.92 Å². The summed E-state index contributed by atoms with van der Waals surface area (Å²) in [6.45, 7) is 6.60. The smallest absolute Gasteiger partial charge is 0.200 e. The molecule has 1 fully saturated rings. The number of rotatable bonds is 4. The molecule has 0 radical (unpaired) electrons. The predicted molar refractivity (Wildman–Crippen MR) is 64.9 cm³/mol. The minimum atomic E-state index is 0.0816. The molecule has 94 valence electrons. The lowest BCUT2D eigenvalue weighted by Crippen LogP contribution is -2.40. The second kappa shape index (κ2) is 5.45. The van der Waals surface area contributed by atoms with E-state index in [1.165, 1.54) is 19.0 Å². The van der Waals surface area contributed by atoms with Crippen LogP contribution in [0.3, 0.4) is 0 Å². The Hall–Kier alpha value is -1.16. The summed E-state index contributed by atoms with van der Waals surface area (Å²) in [6, 6.07) is 0.568. The van der Waals surface area contributed by atoms with Crippen LogP contribution >= 0.6 is 0 Å². The lowest BCUT2D eigenvalue weighted by molar-refractivity contribution is 0.0864. The zero-order chi connectivity index (χ0) is 12.3. The quantitative estimate of drug-likeness (QED) is 0.753. The first-order chi connectivity index (χ1) is 8.16. The fourth-order valence-corrected chi connectivity index (χ4v) is 2.45. The number of ketones is 1. The van der Waals surface area contributed by atoms with Crippen molar-refractivity contribution in [3.8, 4) is 0 Å². The number of carbonyl (C=O) groups is 1. The average Bonchev–Trinajstić information content (AvgIpc) is 2.82. The van der Waals surface area contributed by atoms with E-state index in [2.05, 4.69) is 23.7 Å². The minimum Gasteiger partial charge on any atom is -0.440 e. The van der Waals surface area contributed by atoms with E-state index >= 15 is 0 Å². The molecule has 0 bridgehead atoms. The van der Waals surface area contributed by atoms with Crippen molar-refractivity contribution in [2.45, 2.75) is 39.2 Å². The van der Waals surface area contributed by atoms with Crippen molar-refractivity contribution in [3.63, 3.8) is 0 Å². The molecule has 2 heterocycles. The van der Waals surface area contributed by atoms with Gasteiger partial charge in [-0.1, -0.05) is 0 Å². The number of oxazole rings is 1. The molecular weight excluding hydrogens is 216 g/mol. The molecule has 0 aromatic carbocycles. The van der Waals surface area contributed by atoms with Crippen LogP contribution in [0.25, 0.3) is 0 Å².